The number of hydrogen-bond acceptors (Lipinski definition) is 4. The predicted octanol–water partition coefficient (Wildman–Crippen LogP) is 0.212. The molecule has 3 aliphatic rings. The van der Waals surface area contributed by atoms with E-state index in [2.05, 4.69) is 9.97 Å². The van der Waals surface area contributed by atoms with Crippen LogP contribution in [0.5, 0.6) is 0 Å². The third-order valence-corrected chi connectivity index (χ3v) is 5.07. The van der Waals surface area contributed by atoms with Crippen LogP contribution in [-0.2, 0) is 20.8 Å². The molecule has 1 saturated carbocycles. The van der Waals surface area contributed by atoms with E-state index in [1.54, 1.807) is 0 Å². The minimum Gasteiger partial charge on any atom is -0.480 e. The number of imide groups is 1. The highest BCUT2D eigenvalue weighted by atomic mass is 16.4. The molecule has 1 saturated heterocycles. The van der Waals surface area contributed by atoms with Crippen LogP contribution in [0.4, 0.5) is 0 Å². The van der Waals surface area contributed by atoms with Crippen LogP contribution < -0.4 is 0 Å². The Morgan fingerprint density at radius 3 is 2.45 bits per heavy atom. The van der Waals surface area contributed by atoms with E-state index in [-0.39, 0.29) is 41.9 Å². The molecule has 1 aliphatic heterocycles. The van der Waals surface area contributed by atoms with E-state index in [1.165, 1.54) is 12.5 Å². The highest BCUT2D eigenvalue weighted by Crippen LogP contribution is 2.52. The lowest BCUT2D eigenvalue weighted by Gasteiger charge is -2.24. The quantitative estimate of drug-likeness (QED) is 0.611. The first-order valence-electron chi connectivity index (χ1n) is 7.33. The molecule has 2 heterocycles. The highest BCUT2D eigenvalue weighted by molar-refractivity contribution is 6.08. The van der Waals surface area contributed by atoms with Crippen molar-refractivity contribution >= 4 is 17.8 Å². The number of aromatic amines is 1. The first-order valence-corrected chi connectivity index (χ1v) is 7.33. The Morgan fingerprint density at radius 2 is 1.95 bits per heavy atom. The number of carbonyl (C=O) groups is 3. The van der Waals surface area contributed by atoms with Crippen molar-refractivity contribution in [2.45, 2.75) is 18.9 Å². The maximum atomic E-state index is 12.6. The van der Waals surface area contributed by atoms with Crippen molar-refractivity contribution in [3.63, 3.8) is 0 Å². The molecule has 2 bridgehead atoms. The molecule has 2 N–H and O–H groups in total. The monoisotopic (exact) mass is 301 g/mol. The molecular formula is C15H15N3O4. The minimum atomic E-state index is -1.18. The second-order valence-corrected chi connectivity index (χ2v) is 6.18. The van der Waals surface area contributed by atoms with Gasteiger partial charge in [0.25, 0.3) is 0 Å². The SMILES string of the molecule is O=C(O)C(Cc1cnc[nH]1)N1C(=O)C2C3C=CC(C3)C2C1=O. The van der Waals surface area contributed by atoms with E-state index in [9.17, 15) is 19.5 Å². The molecular weight excluding hydrogens is 286 g/mol. The van der Waals surface area contributed by atoms with E-state index in [1.807, 2.05) is 12.2 Å². The number of H-pyrrole nitrogens is 1. The lowest BCUT2D eigenvalue weighted by Crippen LogP contribution is -2.47. The summed E-state index contributed by atoms with van der Waals surface area (Å²) in [5, 5.41) is 9.48. The van der Waals surface area contributed by atoms with E-state index in [4.69, 9.17) is 0 Å². The van der Waals surface area contributed by atoms with E-state index >= 15 is 0 Å². The maximum Gasteiger partial charge on any atom is 0.327 e. The summed E-state index contributed by atoms with van der Waals surface area (Å²) in [6, 6.07) is -1.18. The Labute approximate surface area is 126 Å². The van der Waals surface area contributed by atoms with Crippen LogP contribution in [0, 0.1) is 23.7 Å². The molecule has 22 heavy (non-hydrogen) atoms. The van der Waals surface area contributed by atoms with Crippen molar-refractivity contribution in [1.82, 2.24) is 14.9 Å². The zero-order chi connectivity index (χ0) is 15.4. The van der Waals surface area contributed by atoms with Gasteiger partial charge in [-0.05, 0) is 18.3 Å². The van der Waals surface area contributed by atoms with Crippen molar-refractivity contribution in [1.29, 1.82) is 0 Å². The van der Waals surface area contributed by atoms with Crippen LogP contribution in [-0.4, -0.2) is 43.8 Å². The molecule has 114 valence electrons. The fourth-order valence-electron chi connectivity index (χ4n) is 4.13. The number of hydrogen-bond donors (Lipinski definition) is 2. The van der Waals surface area contributed by atoms with Gasteiger partial charge in [0.05, 0.1) is 18.2 Å². The number of rotatable bonds is 4. The van der Waals surface area contributed by atoms with Gasteiger partial charge >= 0.3 is 5.97 Å². The lowest BCUT2D eigenvalue weighted by molar-refractivity contribution is -0.155. The van der Waals surface area contributed by atoms with Crippen molar-refractivity contribution < 1.29 is 19.5 Å². The molecule has 7 nitrogen and oxygen atoms in total. The molecule has 0 spiro atoms. The van der Waals surface area contributed by atoms with Gasteiger partial charge in [-0.15, -0.1) is 0 Å². The number of carbonyl (C=O) groups excluding carboxylic acids is 2. The molecule has 7 heteroatoms. The summed E-state index contributed by atoms with van der Waals surface area (Å²) in [4.78, 5) is 44.5. The fourth-order valence-corrected chi connectivity index (χ4v) is 4.13. The third-order valence-electron chi connectivity index (χ3n) is 5.07. The van der Waals surface area contributed by atoms with Crippen molar-refractivity contribution in [2.75, 3.05) is 0 Å². The van der Waals surface area contributed by atoms with Crippen LogP contribution in [0.2, 0.25) is 0 Å². The smallest absolute Gasteiger partial charge is 0.327 e. The number of fused-ring (bicyclic) bond motifs is 5. The van der Waals surface area contributed by atoms with Crippen LogP contribution in [0.1, 0.15) is 12.1 Å². The van der Waals surface area contributed by atoms with E-state index < -0.39 is 12.0 Å². The number of aromatic nitrogens is 2. The Balaban J connectivity index is 1.65. The average molecular weight is 301 g/mol. The van der Waals surface area contributed by atoms with Gasteiger partial charge in [0.15, 0.2) is 0 Å². The number of nitrogens with zero attached hydrogens (tertiary/aromatic N) is 2. The number of carboxylic acids is 1. The van der Waals surface area contributed by atoms with Gasteiger partial charge in [-0.25, -0.2) is 9.78 Å². The molecule has 5 unspecified atom stereocenters. The fraction of sp³-hybridized carbons (Fsp3) is 0.467. The molecule has 1 aromatic heterocycles. The Kier molecular flexibility index (Phi) is 2.72. The number of imidazole rings is 1. The first-order chi connectivity index (χ1) is 10.6. The second-order valence-electron chi connectivity index (χ2n) is 6.18. The maximum absolute atomic E-state index is 12.6. The summed E-state index contributed by atoms with van der Waals surface area (Å²) >= 11 is 0. The molecule has 4 rings (SSSR count). The first kappa shape index (κ1) is 13.2. The van der Waals surface area contributed by atoms with Gasteiger partial charge in [-0.1, -0.05) is 12.2 Å². The van der Waals surface area contributed by atoms with Gasteiger partial charge < -0.3 is 10.1 Å². The Hall–Kier alpha value is -2.44. The topological polar surface area (TPSA) is 103 Å². The summed E-state index contributed by atoms with van der Waals surface area (Å²) in [5.41, 5.74) is 0.589. The van der Waals surface area contributed by atoms with Gasteiger partial charge in [-0.3, -0.25) is 14.5 Å². The number of allylic oxidation sites excluding steroid dienone is 2. The molecule has 2 fully saturated rings. The Morgan fingerprint density at radius 1 is 1.32 bits per heavy atom. The molecule has 2 amide bonds. The van der Waals surface area contributed by atoms with Crippen LogP contribution >= 0.6 is 0 Å². The van der Waals surface area contributed by atoms with Gasteiger partial charge in [0, 0.05) is 18.3 Å². The second kappa shape index (κ2) is 4.53. The Bertz CT molecular complexity index is 651. The average Bonchev–Trinajstić information content (AvgIpc) is 3.23. The van der Waals surface area contributed by atoms with Crippen molar-refractivity contribution in [2.24, 2.45) is 23.7 Å². The largest absolute Gasteiger partial charge is 0.480 e. The predicted molar refractivity (Wildman–Crippen MR) is 73.3 cm³/mol. The van der Waals surface area contributed by atoms with Gasteiger partial charge in [-0.2, -0.15) is 0 Å². The van der Waals surface area contributed by atoms with Gasteiger partial charge in [0.1, 0.15) is 6.04 Å². The van der Waals surface area contributed by atoms with Crippen molar-refractivity contribution in [3.05, 3.63) is 30.4 Å². The van der Waals surface area contributed by atoms with E-state index in [0.29, 0.717) is 5.69 Å². The number of aliphatic carboxylic acids is 1. The molecule has 1 aromatic rings. The van der Waals surface area contributed by atoms with E-state index in [0.717, 1.165) is 11.3 Å². The zero-order valence-electron chi connectivity index (χ0n) is 11.7. The van der Waals surface area contributed by atoms with Crippen LogP contribution in [0.3, 0.4) is 0 Å². The molecule has 5 atom stereocenters. The molecule has 2 aliphatic carbocycles. The normalized spacial score (nSPS) is 33.5. The summed E-state index contributed by atoms with van der Waals surface area (Å²) in [5.74, 6) is -2.41. The summed E-state index contributed by atoms with van der Waals surface area (Å²) in [6.45, 7) is 0. The summed E-state index contributed by atoms with van der Waals surface area (Å²) in [7, 11) is 0. The zero-order valence-corrected chi connectivity index (χ0v) is 11.7. The summed E-state index contributed by atoms with van der Waals surface area (Å²) in [6.07, 6.45) is 7.82. The number of amides is 2. The highest BCUT2D eigenvalue weighted by Gasteiger charge is 2.61. The van der Waals surface area contributed by atoms with Crippen LogP contribution in [0.25, 0.3) is 0 Å². The third kappa shape index (κ3) is 1.68. The van der Waals surface area contributed by atoms with Crippen molar-refractivity contribution in [3.8, 4) is 0 Å². The van der Waals surface area contributed by atoms with Crippen LogP contribution in [0.15, 0.2) is 24.7 Å². The standard InChI is InChI=1S/C15H15N3O4/c19-13-11-7-1-2-8(3-7)12(11)14(20)18(13)10(15(21)22)4-9-5-16-6-17-9/h1-2,5-8,10-12H,3-4H2,(H,16,17)(H,21,22). The molecule has 0 aromatic carbocycles. The number of likely N-dealkylation sites (tertiary alicyclic amines) is 1. The number of carboxylic acid groups (broad SMARTS) is 1. The van der Waals surface area contributed by atoms with Gasteiger partial charge in [0.2, 0.25) is 11.8 Å². The summed E-state index contributed by atoms with van der Waals surface area (Å²) < 4.78 is 0. The minimum absolute atomic E-state index is 0.0506. The lowest BCUT2D eigenvalue weighted by atomic mass is 9.85. The number of nitrogens with one attached hydrogen (secondary N) is 1. The molecule has 0 radical (unpaired) electrons.